The Kier molecular flexibility index (Phi) is 6.31. The molecule has 0 spiro atoms. The lowest BCUT2D eigenvalue weighted by atomic mass is 10.1. The van der Waals surface area contributed by atoms with Crippen molar-refractivity contribution in [3.8, 4) is 22.4 Å². The van der Waals surface area contributed by atoms with Gasteiger partial charge in [-0.15, -0.1) is 12.4 Å². The van der Waals surface area contributed by atoms with Crippen LogP contribution < -0.4 is 5.32 Å². The van der Waals surface area contributed by atoms with Crippen molar-refractivity contribution in [2.45, 2.75) is 6.18 Å². The summed E-state index contributed by atoms with van der Waals surface area (Å²) in [4.78, 5) is 16.8. The minimum Gasteiger partial charge on any atom is -0.322 e. The van der Waals surface area contributed by atoms with Crippen molar-refractivity contribution < 1.29 is 22.4 Å². The highest BCUT2D eigenvalue weighted by Crippen LogP contribution is 2.30. The lowest BCUT2D eigenvalue weighted by molar-refractivity contribution is -0.137. The number of nitrogens with zero attached hydrogens (tertiary/aromatic N) is 3. The van der Waals surface area contributed by atoms with Crippen LogP contribution in [0.25, 0.3) is 28.0 Å². The summed E-state index contributed by atoms with van der Waals surface area (Å²) in [7, 11) is 0. The van der Waals surface area contributed by atoms with E-state index in [0.29, 0.717) is 16.9 Å². The summed E-state index contributed by atoms with van der Waals surface area (Å²) in [5.74, 6) is -1.55. The Bertz CT molecular complexity index is 1500. The third-order valence-electron chi connectivity index (χ3n) is 5.32. The zero-order valence-corrected chi connectivity index (χ0v) is 18.5. The topological polar surface area (TPSA) is 75.1 Å². The molecule has 11 heteroatoms. The fraction of sp³-hybridized carbons (Fsp3) is 0.0417. The van der Waals surface area contributed by atoms with Crippen LogP contribution >= 0.6 is 12.4 Å². The van der Waals surface area contributed by atoms with Crippen molar-refractivity contribution >= 4 is 29.6 Å². The monoisotopic (exact) mass is 501 g/mol. The van der Waals surface area contributed by atoms with E-state index >= 15 is 0 Å². The number of alkyl halides is 3. The van der Waals surface area contributed by atoms with Gasteiger partial charge in [0.15, 0.2) is 0 Å². The molecule has 3 aromatic heterocycles. The van der Waals surface area contributed by atoms with Gasteiger partial charge in [0.2, 0.25) is 0 Å². The van der Waals surface area contributed by atoms with Crippen LogP contribution in [-0.2, 0) is 6.18 Å². The third-order valence-corrected chi connectivity index (χ3v) is 5.32. The third kappa shape index (κ3) is 4.73. The Hall–Kier alpha value is -4.18. The van der Waals surface area contributed by atoms with E-state index in [9.17, 15) is 22.4 Å². The van der Waals surface area contributed by atoms with Gasteiger partial charge < -0.3 is 5.32 Å². The molecule has 3 heterocycles. The summed E-state index contributed by atoms with van der Waals surface area (Å²) in [5, 5.41) is 9.11. The summed E-state index contributed by atoms with van der Waals surface area (Å²) in [6, 6.07) is 11.8. The normalized spacial score (nSPS) is 11.3. The Morgan fingerprint density at radius 1 is 0.943 bits per heavy atom. The van der Waals surface area contributed by atoms with Gasteiger partial charge in [0.1, 0.15) is 11.5 Å². The molecule has 0 saturated carbocycles. The molecule has 0 aliphatic carbocycles. The number of rotatable bonds is 4. The first-order chi connectivity index (χ1) is 16.3. The van der Waals surface area contributed by atoms with Crippen molar-refractivity contribution in [1.29, 1.82) is 0 Å². The van der Waals surface area contributed by atoms with Crippen LogP contribution in [-0.4, -0.2) is 25.5 Å². The lowest BCUT2D eigenvalue weighted by Crippen LogP contribution is -2.14. The van der Waals surface area contributed by atoms with Gasteiger partial charge >= 0.3 is 6.18 Å². The molecule has 1 amide bonds. The molecule has 5 aromatic rings. The Labute approximate surface area is 202 Å². The van der Waals surface area contributed by atoms with Crippen LogP contribution in [0.2, 0.25) is 0 Å². The number of fused-ring (bicyclic) bond motifs is 1. The Balaban J connectivity index is 0.00000289. The SMILES string of the molecule is Cl.O=C(Nc1ccc(C(F)(F)F)cc1)c1ccc(-c2cnc3ccc(-c4cn[nH]c4)cn23)cc1F. The van der Waals surface area contributed by atoms with E-state index in [2.05, 4.69) is 20.5 Å². The van der Waals surface area contributed by atoms with Crippen LogP contribution in [0.3, 0.4) is 0 Å². The van der Waals surface area contributed by atoms with Gasteiger partial charge in [-0.05, 0) is 48.5 Å². The minimum absolute atomic E-state index is 0. The average Bonchev–Trinajstić information content (AvgIpc) is 3.48. The van der Waals surface area contributed by atoms with Crippen LogP contribution in [0.1, 0.15) is 15.9 Å². The number of aromatic nitrogens is 4. The van der Waals surface area contributed by atoms with Crippen molar-refractivity contribution in [3.63, 3.8) is 0 Å². The van der Waals surface area contributed by atoms with Gasteiger partial charge in [-0.1, -0.05) is 6.07 Å². The number of hydrogen-bond donors (Lipinski definition) is 2. The molecule has 6 nitrogen and oxygen atoms in total. The van der Waals surface area contributed by atoms with E-state index in [1.165, 1.54) is 12.1 Å². The summed E-state index contributed by atoms with van der Waals surface area (Å²) in [5.41, 5.74) is 2.58. The smallest absolute Gasteiger partial charge is 0.322 e. The molecule has 0 bridgehead atoms. The molecule has 178 valence electrons. The summed E-state index contributed by atoms with van der Waals surface area (Å²) >= 11 is 0. The number of pyridine rings is 1. The largest absolute Gasteiger partial charge is 0.416 e. The second-order valence-corrected chi connectivity index (χ2v) is 7.50. The fourth-order valence-corrected chi connectivity index (χ4v) is 3.57. The highest BCUT2D eigenvalue weighted by molar-refractivity contribution is 6.04. The molecule has 2 aromatic carbocycles. The molecule has 0 aliphatic rings. The van der Waals surface area contributed by atoms with Crippen LogP contribution in [0.15, 0.2) is 79.4 Å². The number of nitrogens with one attached hydrogen (secondary N) is 2. The first-order valence-corrected chi connectivity index (χ1v) is 10.0. The molecule has 35 heavy (non-hydrogen) atoms. The zero-order valence-electron chi connectivity index (χ0n) is 17.7. The molecule has 0 unspecified atom stereocenters. The summed E-state index contributed by atoms with van der Waals surface area (Å²) in [6.07, 6.45) is 2.40. The number of benzene rings is 2. The number of hydrogen-bond acceptors (Lipinski definition) is 3. The van der Waals surface area contributed by atoms with E-state index in [1.54, 1.807) is 29.1 Å². The van der Waals surface area contributed by atoms with Crippen LogP contribution in [0.5, 0.6) is 0 Å². The maximum atomic E-state index is 14.9. The van der Waals surface area contributed by atoms with E-state index in [1.807, 2.05) is 18.3 Å². The lowest BCUT2D eigenvalue weighted by Gasteiger charge is -2.10. The number of carbonyl (C=O) groups excluding carboxylic acids is 1. The average molecular weight is 502 g/mol. The Morgan fingerprint density at radius 2 is 1.69 bits per heavy atom. The molecule has 0 radical (unpaired) electrons. The second-order valence-electron chi connectivity index (χ2n) is 7.50. The number of imidazole rings is 1. The van der Waals surface area contributed by atoms with Gasteiger partial charge in [0.25, 0.3) is 5.91 Å². The predicted molar refractivity (Wildman–Crippen MR) is 125 cm³/mol. The number of H-pyrrole nitrogens is 1. The van der Waals surface area contributed by atoms with Gasteiger partial charge in [0, 0.05) is 34.8 Å². The highest BCUT2D eigenvalue weighted by atomic mass is 35.5. The maximum absolute atomic E-state index is 14.9. The van der Waals surface area contributed by atoms with Crippen molar-refractivity contribution in [2.75, 3.05) is 5.32 Å². The van der Waals surface area contributed by atoms with Crippen LogP contribution in [0.4, 0.5) is 23.2 Å². The van der Waals surface area contributed by atoms with E-state index in [-0.39, 0.29) is 23.7 Å². The van der Waals surface area contributed by atoms with Gasteiger partial charge in [-0.3, -0.25) is 14.3 Å². The van der Waals surface area contributed by atoms with Crippen molar-refractivity contribution in [2.24, 2.45) is 0 Å². The predicted octanol–water partition coefficient (Wildman–Crippen LogP) is 6.22. The molecule has 0 aliphatic heterocycles. The Morgan fingerprint density at radius 3 is 2.34 bits per heavy atom. The first-order valence-electron chi connectivity index (χ1n) is 10.0. The number of carbonyl (C=O) groups is 1. The summed E-state index contributed by atoms with van der Waals surface area (Å²) < 4.78 is 54.8. The number of anilines is 1. The number of halogens is 5. The zero-order chi connectivity index (χ0) is 23.9. The van der Waals surface area contributed by atoms with Gasteiger partial charge in [0.05, 0.1) is 29.2 Å². The molecule has 0 saturated heterocycles. The van der Waals surface area contributed by atoms with Gasteiger partial charge in [-0.25, -0.2) is 9.37 Å². The second kappa shape index (κ2) is 9.22. The summed E-state index contributed by atoms with van der Waals surface area (Å²) in [6.45, 7) is 0. The first kappa shape index (κ1) is 24.0. The van der Waals surface area contributed by atoms with E-state index < -0.39 is 23.5 Å². The fourth-order valence-electron chi connectivity index (χ4n) is 3.57. The highest BCUT2D eigenvalue weighted by Gasteiger charge is 2.30. The maximum Gasteiger partial charge on any atom is 0.416 e. The van der Waals surface area contributed by atoms with Crippen molar-refractivity contribution in [1.82, 2.24) is 19.6 Å². The van der Waals surface area contributed by atoms with Crippen molar-refractivity contribution in [3.05, 3.63) is 96.3 Å². The number of aromatic amines is 1. The molecule has 0 fully saturated rings. The number of amides is 1. The minimum atomic E-state index is -4.48. The quantitative estimate of drug-likeness (QED) is 0.287. The molecular formula is C24H16ClF4N5O. The molecule has 5 rings (SSSR count). The van der Waals surface area contributed by atoms with Crippen LogP contribution in [0, 0.1) is 5.82 Å². The van der Waals surface area contributed by atoms with E-state index in [0.717, 1.165) is 35.4 Å². The van der Waals surface area contributed by atoms with E-state index in [4.69, 9.17) is 0 Å². The van der Waals surface area contributed by atoms with Gasteiger partial charge in [-0.2, -0.15) is 18.3 Å². The molecule has 2 N–H and O–H groups in total. The molecule has 0 atom stereocenters. The molecular weight excluding hydrogens is 486 g/mol. The standard InChI is InChI=1S/C24H15F4N5O.ClH/c25-20-9-14(21-12-29-22-8-2-15(13-33(21)22)16-10-30-31-11-16)1-7-19(20)23(34)32-18-5-3-17(4-6-18)24(26,27)28;/h1-13H,(H,30,31)(H,32,34);1H.